The van der Waals surface area contributed by atoms with Crippen LogP contribution in [0.5, 0.6) is 0 Å². The van der Waals surface area contributed by atoms with Crippen LogP contribution in [0.15, 0.2) is 29.2 Å². The summed E-state index contributed by atoms with van der Waals surface area (Å²) in [5, 5.41) is 11.8. The Morgan fingerprint density at radius 1 is 1.22 bits per heavy atom. The molecule has 2 fully saturated rings. The minimum Gasteiger partial charge on any atom is -0.333 e. The molecule has 2 heterocycles. The number of rotatable bonds is 4. The van der Waals surface area contributed by atoms with Crippen LogP contribution in [0.2, 0.25) is 0 Å². The van der Waals surface area contributed by atoms with Crippen LogP contribution in [0.4, 0.5) is 4.79 Å². The van der Waals surface area contributed by atoms with Crippen molar-refractivity contribution in [2.45, 2.75) is 49.7 Å². The zero-order valence-corrected chi connectivity index (χ0v) is 16.1. The van der Waals surface area contributed by atoms with Crippen molar-refractivity contribution in [3.63, 3.8) is 0 Å². The Hall–Kier alpha value is -2.17. The number of piperidine rings is 1. The Bertz CT molecular complexity index is 835. The molecule has 2 aliphatic rings. The maximum absolute atomic E-state index is 13.0. The molecule has 10 heteroatoms. The monoisotopic (exact) mass is 396 g/mol. The van der Waals surface area contributed by atoms with Gasteiger partial charge in [-0.05, 0) is 38.8 Å². The second kappa shape index (κ2) is 7.45. The van der Waals surface area contributed by atoms with Crippen molar-refractivity contribution in [3.05, 3.63) is 29.8 Å². The highest BCUT2D eigenvalue weighted by Gasteiger charge is 2.41. The molecular weight excluding hydrogens is 372 g/mol. The van der Waals surface area contributed by atoms with Crippen molar-refractivity contribution >= 4 is 22.0 Å². The summed E-state index contributed by atoms with van der Waals surface area (Å²) in [6.45, 7) is 4.45. The maximum atomic E-state index is 13.0. The van der Waals surface area contributed by atoms with Crippen LogP contribution >= 0.6 is 0 Å². The van der Waals surface area contributed by atoms with Gasteiger partial charge in [0.2, 0.25) is 10.0 Å². The second-order valence-electron chi connectivity index (χ2n) is 6.96. The Morgan fingerprint density at radius 3 is 2.41 bits per heavy atom. The van der Waals surface area contributed by atoms with E-state index in [4.69, 9.17) is 5.21 Å². The lowest BCUT2D eigenvalue weighted by Gasteiger charge is -2.37. The zero-order chi connectivity index (χ0) is 19.8. The fourth-order valence-corrected chi connectivity index (χ4v) is 5.41. The first-order valence-corrected chi connectivity index (χ1v) is 10.3. The van der Waals surface area contributed by atoms with Crippen LogP contribution in [0.1, 0.15) is 37.0 Å². The van der Waals surface area contributed by atoms with Gasteiger partial charge in [0.05, 0.1) is 16.5 Å². The minimum atomic E-state index is -3.89. The van der Waals surface area contributed by atoms with Crippen LogP contribution in [0.25, 0.3) is 0 Å². The van der Waals surface area contributed by atoms with Gasteiger partial charge in [0.25, 0.3) is 5.91 Å². The van der Waals surface area contributed by atoms with Crippen molar-refractivity contribution < 1.29 is 23.2 Å². The summed E-state index contributed by atoms with van der Waals surface area (Å²) in [5.74, 6) is -0.874. The molecule has 1 aromatic rings. The molecule has 1 aromatic carbocycles. The number of hydrogen-bond acceptors (Lipinski definition) is 5. The third-order valence-corrected chi connectivity index (χ3v) is 7.37. The van der Waals surface area contributed by atoms with Crippen LogP contribution in [-0.2, 0) is 10.0 Å². The van der Waals surface area contributed by atoms with Gasteiger partial charge < -0.3 is 10.2 Å². The van der Waals surface area contributed by atoms with Gasteiger partial charge in [-0.1, -0.05) is 12.1 Å². The average molecular weight is 396 g/mol. The van der Waals surface area contributed by atoms with Crippen molar-refractivity contribution in [2.75, 3.05) is 13.1 Å². The van der Waals surface area contributed by atoms with Crippen molar-refractivity contribution in [1.82, 2.24) is 20.0 Å². The van der Waals surface area contributed by atoms with Crippen LogP contribution in [0.3, 0.4) is 0 Å². The summed E-state index contributed by atoms with van der Waals surface area (Å²) >= 11 is 0. The second-order valence-corrected chi connectivity index (χ2v) is 8.86. The summed E-state index contributed by atoms with van der Waals surface area (Å²) in [6, 6.07) is 5.75. The number of carbonyl (C=O) groups is 2. The van der Waals surface area contributed by atoms with Gasteiger partial charge >= 0.3 is 6.03 Å². The van der Waals surface area contributed by atoms with E-state index >= 15 is 0 Å². The first-order valence-electron chi connectivity index (χ1n) is 8.89. The van der Waals surface area contributed by atoms with E-state index in [2.05, 4.69) is 5.32 Å². The number of nitrogens with zero attached hydrogens (tertiary/aromatic N) is 2. The molecular formula is C17H24N4O5S. The van der Waals surface area contributed by atoms with Gasteiger partial charge in [-0.25, -0.2) is 18.7 Å². The molecule has 0 radical (unpaired) electrons. The fourth-order valence-electron chi connectivity index (χ4n) is 3.75. The van der Waals surface area contributed by atoms with E-state index in [0.717, 1.165) is 0 Å². The molecule has 0 saturated carbocycles. The van der Waals surface area contributed by atoms with Crippen molar-refractivity contribution in [3.8, 4) is 0 Å². The number of sulfonamides is 1. The Balaban J connectivity index is 1.76. The number of nitrogens with one attached hydrogen (secondary N) is 2. The molecule has 9 nitrogen and oxygen atoms in total. The van der Waals surface area contributed by atoms with E-state index in [1.165, 1.54) is 34.1 Å². The van der Waals surface area contributed by atoms with Gasteiger partial charge in [-0.15, -0.1) is 0 Å². The summed E-state index contributed by atoms with van der Waals surface area (Å²) in [4.78, 5) is 25.6. The molecule has 2 atom stereocenters. The van der Waals surface area contributed by atoms with E-state index < -0.39 is 15.9 Å². The van der Waals surface area contributed by atoms with Gasteiger partial charge in [-0.2, -0.15) is 4.31 Å². The average Bonchev–Trinajstić information content (AvgIpc) is 2.93. The molecule has 27 heavy (non-hydrogen) atoms. The van der Waals surface area contributed by atoms with E-state index in [1.54, 1.807) is 0 Å². The van der Waals surface area contributed by atoms with Crippen LogP contribution < -0.4 is 10.8 Å². The Kier molecular flexibility index (Phi) is 5.41. The molecule has 2 aliphatic heterocycles. The lowest BCUT2D eigenvalue weighted by Crippen LogP contribution is -2.49. The summed E-state index contributed by atoms with van der Waals surface area (Å²) in [6.07, 6.45) is 1.05. The number of hydrogen-bond donors (Lipinski definition) is 3. The highest BCUT2D eigenvalue weighted by atomic mass is 32.2. The predicted molar refractivity (Wildman–Crippen MR) is 96.8 cm³/mol. The zero-order valence-electron chi connectivity index (χ0n) is 15.3. The minimum absolute atomic E-state index is 0.0209. The largest absolute Gasteiger partial charge is 0.333 e. The molecule has 0 aliphatic carbocycles. The van der Waals surface area contributed by atoms with Crippen LogP contribution in [-0.4, -0.2) is 66.0 Å². The highest BCUT2D eigenvalue weighted by Crippen LogP contribution is 2.28. The number of carbonyl (C=O) groups excluding carboxylic acids is 2. The van der Waals surface area contributed by atoms with Gasteiger partial charge in [0.1, 0.15) is 0 Å². The van der Waals surface area contributed by atoms with E-state index in [9.17, 15) is 18.0 Å². The molecule has 2 unspecified atom stereocenters. The molecule has 0 bridgehead atoms. The molecule has 0 aromatic heterocycles. The van der Waals surface area contributed by atoms with Crippen LogP contribution in [0, 0.1) is 0 Å². The number of benzene rings is 1. The quantitative estimate of drug-likeness (QED) is 0.513. The Morgan fingerprint density at radius 2 is 1.85 bits per heavy atom. The van der Waals surface area contributed by atoms with E-state index in [-0.39, 0.29) is 47.7 Å². The SMILES string of the molecule is CC1NC(=O)N(C2CCN(S(=O)(=O)c3ccccc3C(=O)NO)CC2)C1C. The van der Waals surface area contributed by atoms with Crippen molar-refractivity contribution in [2.24, 2.45) is 0 Å². The molecule has 148 valence electrons. The topological polar surface area (TPSA) is 119 Å². The van der Waals surface area contributed by atoms with Crippen molar-refractivity contribution in [1.29, 1.82) is 0 Å². The third kappa shape index (κ3) is 3.52. The maximum Gasteiger partial charge on any atom is 0.318 e. The van der Waals surface area contributed by atoms with Gasteiger partial charge in [-0.3, -0.25) is 10.0 Å². The first-order chi connectivity index (χ1) is 12.8. The highest BCUT2D eigenvalue weighted by molar-refractivity contribution is 7.89. The third-order valence-electron chi connectivity index (χ3n) is 5.42. The number of urea groups is 1. The van der Waals surface area contributed by atoms with Gasteiger partial charge in [0, 0.05) is 25.2 Å². The molecule has 3 N–H and O–H groups in total. The molecule has 0 spiro atoms. The van der Waals surface area contributed by atoms with Gasteiger partial charge in [0.15, 0.2) is 0 Å². The lowest BCUT2D eigenvalue weighted by atomic mass is 10.0. The lowest BCUT2D eigenvalue weighted by molar-refractivity contribution is 0.0702. The standard InChI is InChI=1S/C17H24N4O5S/c1-11-12(2)21(17(23)18-11)13-7-9-20(10-8-13)27(25,26)15-6-4-3-5-14(15)16(22)19-24/h3-6,11-13,24H,7-10H2,1-2H3,(H,18,23)(H,19,22). The van der Waals surface area contributed by atoms with E-state index in [1.807, 2.05) is 18.7 Å². The summed E-state index contributed by atoms with van der Waals surface area (Å²) in [7, 11) is -3.89. The number of amides is 3. The number of hydroxylamine groups is 1. The fraction of sp³-hybridized carbons (Fsp3) is 0.529. The summed E-state index contributed by atoms with van der Waals surface area (Å²) < 4.78 is 27.3. The summed E-state index contributed by atoms with van der Waals surface area (Å²) in [5.41, 5.74) is 1.37. The smallest absolute Gasteiger partial charge is 0.318 e. The molecule has 3 rings (SSSR count). The normalized spacial score (nSPS) is 24.7. The molecule has 2 saturated heterocycles. The van der Waals surface area contributed by atoms with E-state index in [0.29, 0.717) is 12.8 Å². The first kappa shape index (κ1) is 19.6. The molecule has 3 amide bonds. The predicted octanol–water partition coefficient (Wildman–Crippen LogP) is 0.761. The Labute approximate surface area is 158 Å².